The monoisotopic (exact) mass is 350 g/mol. The summed E-state index contributed by atoms with van der Waals surface area (Å²) in [4.78, 5) is 30.6. The van der Waals surface area contributed by atoms with Crippen LogP contribution in [-0.2, 0) is 9.84 Å². The molecule has 0 aliphatic heterocycles. The first kappa shape index (κ1) is 17.2. The predicted octanol–water partition coefficient (Wildman–Crippen LogP) is 2.54. The second-order valence-electron chi connectivity index (χ2n) is 4.75. The molecule has 0 radical (unpaired) electrons. The minimum atomic E-state index is -4.28. The average molecular weight is 350 g/mol. The van der Waals surface area contributed by atoms with E-state index >= 15 is 0 Å². The van der Waals surface area contributed by atoms with E-state index in [-0.39, 0.29) is 16.1 Å². The number of rotatable bonds is 5. The van der Waals surface area contributed by atoms with E-state index < -0.39 is 36.0 Å². The minimum absolute atomic E-state index is 0.00403. The normalized spacial score (nSPS) is 11.0. The first-order chi connectivity index (χ1) is 11.1. The summed E-state index contributed by atoms with van der Waals surface area (Å²) in [6.45, 7) is 1.20. The van der Waals surface area contributed by atoms with E-state index in [1.165, 1.54) is 13.0 Å². The molecular formula is C14H10N2O7S. The summed E-state index contributed by atoms with van der Waals surface area (Å²) in [6.07, 6.45) is 0. The molecule has 2 aromatic rings. The van der Waals surface area contributed by atoms with Gasteiger partial charge in [-0.25, -0.2) is 8.42 Å². The Labute approximate surface area is 135 Å². The molecule has 0 fully saturated rings. The lowest BCUT2D eigenvalue weighted by Gasteiger charge is -2.06. The number of carbonyl (C=O) groups is 1. The van der Waals surface area contributed by atoms with Crippen molar-refractivity contribution in [1.29, 1.82) is 0 Å². The molecule has 0 heterocycles. The van der Waals surface area contributed by atoms with Crippen LogP contribution in [0.3, 0.4) is 0 Å². The predicted molar refractivity (Wildman–Crippen MR) is 81.6 cm³/mol. The Morgan fingerprint density at radius 2 is 1.54 bits per heavy atom. The highest BCUT2D eigenvalue weighted by Crippen LogP contribution is 2.31. The van der Waals surface area contributed by atoms with Crippen molar-refractivity contribution in [1.82, 2.24) is 0 Å². The lowest BCUT2D eigenvalue weighted by molar-refractivity contribution is -0.387. The van der Waals surface area contributed by atoms with Gasteiger partial charge in [0.25, 0.3) is 11.4 Å². The van der Waals surface area contributed by atoms with Crippen LogP contribution in [0.15, 0.2) is 52.3 Å². The largest absolute Gasteiger partial charge is 0.295 e. The van der Waals surface area contributed by atoms with Crippen LogP contribution in [0.1, 0.15) is 17.3 Å². The number of nitro benzene ring substituents is 2. The second kappa shape index (κ2) is 6.16. The van der Waals surface area contributed by atoms with E-state index in [0.717, 1.165) is 36.4 Å². The van der Waals surface area contributed by atoms with Crippen LogP contribution in [0.2, 0.25) is 0 Å². The number of hydrogen-bond donors (Lipinski definition) is 0. The van der Waals surface area contributed by atoms with Gasteiger partial charge in [-0.3, -0.25) is 25.0 Å². The van der Waals surface area contributed by atoms with Gasteiger partial charge >= 0.3 is 0 Å². The van der Waals surface area contributed by atoms with Crippen LogP contribution >= 0.6 is 0 Å². The van der Waals surface area contributed by atoms with Crippen molar-refractivity contribution in [3.8, 4) is 0 Å². The van der Waals surface area contributed by atoms with Gasteiger partial charge in [-0.1, -0.05) is 0 Å². The molecular weight excluding hydrogens is 340 g/mol. The number of hydrogen-bond acceptors (Lipinski definition) is 7. The summed E-state index contributed by atoms with van der Waals surface area (Å²) in [5.74, 6) is -0.447. The molecule has 0 saturated carbocycles. The van der Waals surface area contributed by atoms with Gasteiger partial charge in [0.1, 0.15) is 4.90 Å². The quantitative estimate of drug-likeness (QED) is 0.459. The summed E-state index contributed by atoms with van der Waals surface area (Å²) in [5, 5.41) is 21.8. The van der Waals surface area contributed by atoms with Gasteiger partial charge in [0.2, 0.25) is 9.84 Å². The maximum atomic E-state index is 12.6. The zero-order valence-electron chi connectivity index (χ0n) is 12.2. The van der Waals surface area contributed by atoms with Gasteiger partial charge < -0.3 is 0 Å². The van der Waals surface area contributed by atoms with Crippen molar-refractivity contribution in [2.45, 2.75) is 16.7 Å². The number of sulfone groups is 1. The Kier molecular flexibility index (Phi) is 4.42. The lowest BCUT2D eigenvalue weighted by Crippen LogP contribution is -2.07. The molecule has 0 bridgehead atoms. The molecule has 0 spiro atoms. The second-order valence-corrected chi connectivity index (χ2v) is 6.67. The van der Waals surface area contributed by atoms with E-state index in [4.69, 9.17) is 0 Å². The molecule has 0 atom stereocenters. The number of Topliss-reactive ketones (excluding diaryl/α,β-unsaturated/α-hetero) is 1. The number of carbonyl (C=O) groups excluding carboxylic acids is 1. The molecule has 24 heavy (non-hydrogen) atoms. The topological polar surface area (TPSA) is 137 Å². The van der Waals surface area contributed by atoms with Crippen molar-refractivity contribution < 1.29 is 23.1 Å². The van der Waals surface area contributed by atoms with Crippen LogP contribution in [-0.4, -0.2) is 24.0 Å². The smallest absolute Gasteiger partial charge is 0.289 e. The standard InChI is InChI=1S/C14H10N2O7S/c1-9(17)10-2-7-14(13(8-10)16(20)21)24(22,23)12-5-3-11(4-6-12)15(18)19/h2-8H,1H3. The van der Waals surface area contributed by atoms with Crippen LogP contribution in [0.4, 0.5) is 11.4 Å². The molecule has 0 aromatic heterocycles. The molecule has 0 aliphatic rings. The highest BCUT2D eigenvalue weighted by molar-refractivity contribution is 7.91. The van der Waals surface area contributed by atoms with Crippen molar-refractivity contribution >= 4 is 27.0 Å². The van der Waals surface area contributed by atoms with E-state index in [1.54, 1.807) is 0 Å². The van der Waals surface area contributed by atoms with E-state index in [0.29, 0.717) is 0 Å². The summed E-state index contributed by atoms with van der Waals surface area (Å²) in [5.41, 5.74) is -1.04. The average Bonchev–Trinajstić information content (AvgIpc) is 2.54. The Balaban J connectivity index is 2.62. The van der Waals surface area contributed by atoms with Gasteiger partial charge in [0.05, 0.1) is 14.7 Å². The van der Waals surface area contributed by atoms with Crippen LogP contribution in [0, 0.1) is 20.2 Å². The summed E-state index contributed by atoms with van der Waals surface area (Å²) >= 11 is 0. The lowest BCUT2D eigenvalue weighted by atomic mass is 10.1. The molecule has 0 N–H and O–H groups in total. The number of nitro groups is 2. The SMILES string of the molecule is CC(=O)c1ccc(S(=O)(=O)c2ccc([N+](=O)[O-])cc2)c([N+](=O)[O-])c1. The van der Waals surface area contributed by atoms with Crippen molar-refractivity contribution in [2.24, 2.45) is 0 Å². The summed E-state index contributed by atoms with van der Waals surface area (Å²) < 4.78 is 25.1. The molecule has 9 nitrogen and oxygen atoms in total. The molecule has 124 valence electrons. The Morgan fingerprint density at radius 1 is 0.958 bits per heavy atom. The highest BCUT2D eigenvalue weighted by Gasteiger charge is 2.28. The van der Waals surface area contributed by atoms with Gasteiger partial charge in [-0.2, -0.15) is 0 Å². The van der Waals surface area contributed by atoms with Crippen molar-refractivity contribution in [3.63, 3.8) is 0 Å². The fourth-order valence-electron chi connectivity index (χ4n) is 1.98. The van der Waals surface area contributed by atoms with Gasteiger partial charge in [0, 0.05) is 23.8 Å². The van der Waals surface area contributed by atoms with Crippen molar-refractivity contribution in [2.75, 3.05) is 0 Å². The first-order valence-corrected chi connectivity index (χ1v) is 7.92. The maximum Gasteiger partial charge on any atom is 0.289 e. The molecule has 0 aliphatic carbocycles. The Hall–Kier alpha value is -3.14. The molecule has 0 amide bonds. The number of benzene rings is 2. The van der Waals surface area contributed by atoms with Crippen molar-refractivity contribution in [3.05, 3.63) is 68.3 Å². The highest BCUT2D eigenvalue weighted by atomic mass is 32.2. The summed E-state index contributed by atoms with van der Waals surface area (Å²) in [6, 6.07) is 7.01. The van der Waals surface area contributed by atoms with Crippen LogP contribution in [0.5, 0.6) is 0 Å². The molecule has 2 aromatic carbocycles. The third-order valence-electron chi connectivity index (χ3n) is 3.21. The third-order valence-corrected chi connectivity index (χ3v) is 5.03. The zero-order valence-corrected chi connectivity index (χ0v) is 13.0. The summed E-state index contributed by atoms with van der Waals surface area (Å²) in [7, 11) is -4.28. The Bertz CT molecular complexity index is 950. The number of ketones is 1. The molecule has 10 heteroatoms. The minimum Gasteiger partial charge on any atom is -0.295 e. The maximum absolute atomic E-state index is 12.6. The van der Waals surface area contributed by atoms with E-state index in [9.17, 15) is 33.4 Å². The van der Waals surface area contributed by atoms with E-state index in [2.05, 4.69) is 0 Å². The van der Waals surface area contributed by atoms with Crippen LogP contribution < -0.4 is 0 Å². The third kappa shape index (κ3) is 3.13. The molecule has 0 saturated heterocycles. The van der Waals surface area contributed by atoms with Gasteiger partial charge in [0.15, 0.2) is 5.78 Å². The fourth-order valence-corrected chi connectivity index (χ4v) is 3.38. The van der Waals surface area contributed by atoms with Gasteiger partial charge in [-0.15, -0.1) is 0 Å². The van der Waals surface area contributed by atoms with E-state index in [1.807, 2.05) is 0 Å². The van der Waals surface area contributed by atoms with Gasteiger partial charge in [-0.05, 0) is 31.2 Å². The Morgan fingerprint density at radius 3 is 2.00 bits per heavy atom. The van der Waals surface area contributed by atoms with Crippen LogP contribution in [0.25, 0.3) is 0 Å². The zero-order chi connectivity index (χ0) is 18.1. The molecule has 0 unspecified atom stereocenters. The molecule has 2 rings (SSSR count). The first-order valence-electron chi connectivity index (χ1n) is 6.43. The number of non-ortho nitro benzene ring substituents is 1. The number of nitrogens with zero attached hydrogens (tertiary/aromatic N) is 2. The fraction of sp³-hybridized carbons (Fsp3) is 0.0714.